The van der Waals surface area contributed by atoms with Crippen LogP contribution < -0.4 is 16.8 Å². The Labute approximate surface area is 172 Å². The van der Waals surface area contributed by atoms with Gasteiger partial charge in [-0.05, 0) is 68.0 Å². The standard InChI is InChI=1S/C23H32N4O2/c24-14-4-3-11-20(22(25)28)26-23(29)21-12-6-15-27(21)16-13-18-9-5-8-17-7-1-2-10-19(17)18/h1-2,5,7-10,20-21H,3-4,6,11-16,24H2,(H2,25,28)(H,26,29)/t20?,21-/m0/s1. The zero-order valence-corrected chi connectivity index (χ0v) is 17.0. The number of nitrogens with zero attached hydrogens (tertiary/aromatic N) is 1. The summed E-state index contributed by atoms with van der Waals surface area (Å²) in [5.74, 6) is -0.562. The summed E-state index contributed by atoms with van der Waals surface area (Å²) in [6.07, 6.45) is 4.83. The number of likely N-dealkylation sites (tertiary alicyclic amines) is 1. The second-order valence-corrected chi connectivity index (χ2v) is 7.83. The summed E-state index contributed by atoms with van der Waals surface area (Å²) in [5, 5.41) is 5.39. The highest BCUT2D eigenvalue weighted by Crippen LogP contribution is 2.22. The van der Waals surface area contributed by atoms with Crippen molar-refractivity contribution >= 4 is 22.6 Å². The summed E-state index contributed by atoms with van der Waals surface area (Å²) < 4.78 is 0. The molecule has 5 N–H and O–H groups in total. The lowest BCUT2D eigenvalue weighted by atomic mass is 10.0. The number of amides is 2. The zero-order valence-electron chi connectivity index (χ0n) is 17.0. The van der Waals surface area contributed by atoms with Crippen LogP contribution in [0.15, 0.2) is 42.5 Å². The third-order valence-corrected chi connectivity index (χ3v) is 5.82. The maximum Gasteiger partial charge on any atom is 0.240 e. The van der Waals surface area contributed by atoms with E-state index in [0.717, 1.165) is 45.2 Å². The first-order valence-corrected chi connectivity index (χ1v) is 10.6. The molecule has 2 atom stereocenters. The van der Waals surface area contributed by atoms with Crippen molar-refractivity contribution in [1.82, 2.24) is 10.2 Å². The molecule has 0 saturated carbocycles. The van der Waals surface area contributed by atoms with Crippen molar-refractivity contribution in [3.05, 3.63) is 48.0 Å². The molecule has 6 heteroatoms. The van der Waals surface area contributed by atoms with Gasteiger partial charge in [-0.25, -0.2) is 0 Å². The minimum atomic E-state index is -0.616. The average molecular weight is 397 g/mol. The quantitative estimate of drug-likeness (QED) is 0.534. The number of primary amides is 1. The predicted molar refractivity (Wildman–Crippen MR) is 116 cm³/mol. The van der Waals surface area contributed by atoms with Crippen LogP contribution in [0.1, 0.15) is 37.7 Å². The van der Waals surface area contributed by atoms with Crippen LogP contribution in [0.5, 0.6) is 0 Å². The molecule has 2 amide bonds. The van der Waals surface area contributed by atoms with Gasteiger partial charge in [0, 0.05) is 6.54 Å². The van der Waals surface area contributed by atoms with E-state index in [1.807, 2.05) is 0 Å². The van der Waals surface area contributed by atoms with Crippen LogP contribution in [-0.4, -0.2) is 48.4 Å². The number of hydrogen-bond donors (Lipinski definition) is 3. The van der Waals surface area contributed by atoms with Crippen molar-refractivity contribution in [3.8, 4) is 0 Å². The molecule has 2 aromatic carbocycles. The molecule has 1 fully saturated rings. The Morgan fingerprint density at radius 2 is 1.93 bits per heavy atom. The highest BCUT2D eigenvalue weighted by molar-refractivity contribution is 5.89. The molecule has 0 spiro atoms. The first-order valence-electron chi connectivity index (χ1n) is 10.6. The number of carbonyl (C=O) groups excluding carboxylic acids is 2. The average Bonchev–Trinajstić information content (AvgIpc) is 3.20. The van der Waals surface area contributed by atoms with Gasteiger partial charge in [0.05, 0.1) is 6.04 Å². The van der Waals surface area contributed by atoms with Crippen LogP contribution in [0.3, 0.4) is 0 Å². The number of carbonyl (C=O) groups is 2. The highest BCUT2D eigenvalue weighted by atomic mass is 16.2. The summed E-state index contributed by atoms with van der Waals surface area (Å²) in [5.41, 5.74) is 12.3. The van der Waals surface area contributed by atoms with E-state index in [1.54, 1.807) is 0 Å². The summed E-state index contributed by atoms with van der Waals surface area (Å²) in [4.78, 5) is 26.8. The van der Waals surface area contributed by atoms with Gasteiger partial charge in [-0.2, -0.15) is 0 Å². The maximum atomic E-state index is 12.8. The Kier molecular flexibility index (Phi) is 7.61. The third kappa shape index (κ3) is 5.55. The van der Waals surface area contributed by atoms with Crippen LogP contribution in [-0.2, 0) is 16.0 Å². The fourth-order valence-corrected chi connectivity index (χ4v) is 4.21. The molecule has 1 unspecified atom stereocenters. The molecule has 0 aliphatic carbocycles. The minimum absolute atomic E-state index is 0.0861. The maximum absolute atomic E-state index is 12.8. The van der Waals surface area contributed by atoms with Gasteiger partial charge in [-0.1, -0.05) is 42.5 Å². The number of nitrogens with two attached hydrogens (primary N) is 2. The summed E-state index contributed by atoms with van der Waals surface area (Å²) in [6, 6.07) is 14.0. The summed E-state index contributed by atoms with van der Waals surface area (Å²) in [6.45, 7) is 2.29. The number of fused-ring (bicyclic) bond motifs is 1. The van der Waals surface area contributed by atoms with Crippen molar-refractivity contribution in [3.63, 3.8) is 0 Å². The molecule has 0 aromatic heterocycles. The normalized spacial score (nSPS) is 18.0. The number of benzene rings is 2. The molecular weight excluding hydrogens is 364 g/mol. The zero-order chi connectivity index (χ0) is 20.6. The summed E-state index contributed by atoms with van der Waals surface area (Å²) >= 11 is 0. The van der Waals surface area contributed by atoms with E-state index in [9.17, 15) is 9.59 Å². The van der Waals surface area contributed by atoms with E-state index in [4.69, 9.17) is 11.5 Å². The van der Waals surface area contributed by atoms with Gasteiger partial charge in [-0.15, -0.1) is 0 Å². The molecule has 1 heterocycles. The molecule has 0 radical (unpaired) electrons. The topological polar surface area (TPSA) is 101 Å². The molecule has 1 aliphatic rings. The molecule has 6 nitrogen and oxygen atoms in total. The Morgan fingerprint density at radius 1 is 1.14 bits per heavy atom. The largest absolute Gasteiger partial charge is 0.368 e. The first kappa shape index (κ1) is 21.3. The van der Waals surface area contributed by atoms with Gasteiger partial charge in [0.15, 0.2) is 0 Å². The molecule has 2 aromatic rings. The van der Waals surface area contributed by atoms with Gasteiger partial charge < -0.3 is 16.8 Å². The molecular formula is C23H32N4O2. The fourth-order valence-electron chi connectivity index (χ4n) is 4.21. The highest BCUT2D eigenvalue weighted by Gasteiger charge is 2.32. The molecule has 1 aliphatic heterocycles. The van der Waals surface area contributed by atoms with E-state index in [0.29, 0.717) is 13.0 Å². The van der Waals surface area contributed by atoms with Crippen molar-refractivity contribution < 1.29 is 9.59 Å². The van der Waals surface area contributed by atoms with Crippen LogP contribution >= 0.6 is 0 Å². The van der Waals surface area contributed by atoms with Crippen LogP contribution in [0.25, 0.3) is 10.8 Å². The van der Waals surface area contributed by atoms with Gasteiger partial charge in [0.2, 0.25) is 11.8 Å². The van der Waals surface area contributed by atoms with Crippen molar-refractivity contribution in [2.45, 2.75) is 50.6 Å². The molecule has 156 valence electrons. The number of hydrogen-bond acceptors (Lipinski definition) is 4. The summed E-state index contributed by atoms with van der Waals surface area (Å²) in [7, 11) is 0. The Bertz CT molecular complexity index is 833. The van der Waals surface area contributed by atoms with Crippen molar-refractivity contribution in [2.75, 3.05) is 19.6 Å². The van der Waals surface area contributed by atoms with Gasteiger partial charge in [-0.3, -0.25) is 14.5 Å². The van der Waals surface area contributed by atoms with Gasteiger partial charge in [0.25, 0.3) is 0 Å². The SMILES string of the molecule is NCCCCC(NC(=O)[C@@H]1CCCN1CCc1cccc2ccccc12)C(N)=O. The molecule has 29 heavy (non-hydrogen) atoms. The second kappa shape index (κ2) is 10.4. The first-order chi connectivity index (χ1) is 14.1. The lowest BCUT2D eigenvalue weighted by Crippen LogP contribution is -2.51. The monoisotopic (exact) mass is 396 g/mol. The van der Waals surface area contributed by atoms with E-state index in [2.05, 4.69) is 52.7 Å². The van der Waals surface area contributed by atoms with E-state index < -0.39 is 11.9 Å². The van der Waals surface area contributed by atoms with Crippen LogP contribution in [0.4, 0.5) is 0 Å². The number of nitrogens with one attached hydrogen (secondary N) is 1. The van der Waals surface area contributed by atoms with Gasteiger partial charge >= 0.3 is 0 Å². The van der Waals surface area contributed by atoms with E-state index >= 15 is 0 Å². The van der Waals surface area contributed by atoms with Crippen LogP contribution in [0, 0.1) is 0 Å². The lowest BCUT2D eigenvalue weighted by Gasteiger charge is -2.26. The Balaban J connectivity index is 1.60. The lowest BCUT2D eigenvalue weighted by molar-refractivity contribution is -0.130. The molecule has 1 saturated heterocycles. The number of unbranched alkanes of at least 4 members (excludes halogenated alkanes) is 1. The van der Waals surface area contributed by atoms with Crippen molar-refractivity contribution in [1.29, 1.82) is 0 Å². The second-order valence-electron chi connectivity index (χ2n) is 7.83. The third-order valence-electron chi connectivity index (χ3n) is 5.82. The Morgan fingerprint density at radius 3 is 2.72 bits per heavy atom. The predicted octanol–water partition coefficient (Wildman–Crippen LogP) is 1.95. The van der Waals surface area contributed by atoms with Gasteiger partial charge in [0.1, 0.15) is 6.04 Å². The minimum Gasteiger partial charge on any atom is -0.368 e. The van der Waals surface area contributed by atoms with Crippen molar-refractivity contribution in [2.24, 2.45) is 11.5 Å². The van der Waals surface area contributed by atoms with E-state index in [1.165, 1.54) is 16.3 Å². The smallest absolute Gasteiger partial charge is 0.240 e. The molecule has 3 rings (SSSR count). The van der Waals surface area contributed by atoms with E-state index in [-0.39, 0.29) is 11.9 Å². The molecule has 0 bridgehead atoms. The van der Waals surface area contributed by atoms with Crippen LogP contribution in [0.2, 0.25) is 0 Å². The Hall–Kier alpha value is -2.44. The number of rotatable bonds is 10. The fraction of sp³-hybridized carbons (Fsp3) is 0.478.